The van der Waals surface area contributed by atoms with Crippen LogP contribution in [-0.2, 0) is 4.74 Å². The minimum absolute atomic E-state index is 0.399. The minimum Gasteiger partial charge on any atom is -0.389 e. The lowest BCUT2D eigenvalue weighted by atomic mass is 10.2. The summed E-state index contributed by atoms with van der Waals surface area (Å²) in [5, 5.41) is 12.4. The third-order valence-corrected chi connectivity index (χ3v) is 1.46. The van der Waals surface area contributed by atoms with Crippen LogP contribution in [0, 0.1) is 5.92 Å². The van der Waals surface area contributed by atoms with Gasteiger partial charge in [-0.3, -0.25) is 0 Å². The largest absolute Gasteiger partial charge is 0.389 e. The molecule has 1 atom stereocenters. The fourth-order valence-corrected chi connectivity index (χ4v) is 0.869. The van der Waals surface area contributed by atoms with Crippen LogP contribution in [0.4, 0.5) is 0 Å². The van der Waals surface area contributed by atoms with Crippen LogP contribution in [0.15, 0.2) is 0 Å². The standard InChI is InChI=1S/C9H22N2O2/c1-8(2)6-13-7-9(12)5-11-4-3-10/h8-9,11-12H,3-7,10H2,1-2H3/t9-/m0/s1. The molecule has 0 amide bonds. The Bertz CT molecular complexity index is 110. The molecule has 0 aromatic carbocycles. The summed E-state index contributed by atoms with van der Waals surface area (Å²) >= 11 is 0. The van der Waals surface area contributed by atoms with Crippen molar-refractivity contribution in [3.05, 3.63) is 0 Å². The van der Waals surface area contributed by atoms with Gasteiger partial charge in [0.1, 0.15) is 0 Å². The number of ether oxygens (including phenoxy) is 1. The summed E-state index contributed by atoms with van der Waals surface area (Å²) in [6, 6.07) is 0. The number of nitrogens with two attached hydrogens (primary N) is 1. The highest BCUT2D eigenvalue weighted by atomic mass is 16.5. The summed E-state index contributed by atoms with van der Waals surface area (Å²) in [7, 11) is 0. The molecule has 0 spiro atoms. The van der Waals surface area contributed by atoms with E-state index in [1.54, 1.807) is 0 Å². The molecule has 0 heterocycles. The van der Waals surface area contributed by atoms with Crippen LogP contribution in [0.25, 0.3) is 0 Å². The van der Waals surface area contributed by atoms with E-state index in [0.717, 1.165) is 6.54 Å². The zero-order valence-electron chi connectivity index (χ0n) is 8.62. The van der Waals surface area contributed by atoms with Gasteiger partial charge in [-0.1, -0.05) is 13.8 Å². The summed E-state index contributed by atoms with van der Waals surface area (Å²) in [5.41, 5.74) is 5.28. The maximum absolute atomic E-state index is 9.36. The van der Waals surface area contributed by atoms with Gasteiger partial charge in [0.15, 0.2) is 0 Å². The molecule has 0 fully saturated rings. The molecule has 4 nitrogen and oxygen atoms in total. The smallest absolute Gasteiger partial charge is 0.0897 e. The predicted octanol–water partition coefficient (Wildman–Crippen LogP) is -0.432. The molecule has 0 saturated carbocycles. The molecule has 0 aliphatic heterocycles. The Balaban J connectivity index is 3.15. The average molecular weight is 190 g/mol. The molecule has 0 rings (SSSR count). The molecule has 0 aliphatic carbocycles. The second-order valence-electron chi connectivity index (χ2n) is 3.58. The van der Waals surface area contributed by atoms with E-state index >= 15 is 0 Å². The third kappa shape index (κ3) is 9.76. The Labute approximate surface area is 80.5 Å². The van der Waals surface area contributed by atoms with E-state index in [0.29, 0.717) is 32.2 Å². The molecule has 0 aliphatic rings. The number of rotatable bonds is 8. The summed E-state index contributed by atoms with van der Waals surface area (Å²) in [6.07, 6.45) is -0.426. The van der Waals surface area contributed by atoms with Crippen LogP contribution >= 0.6 is 0 Å². The van der Waals surface area contributed by atoms with Crippen molar-refractivity contribution in [3.8, 4) is 0 Å². The van der Waals surface area contributed by atoms with Gasteiger partial charge >= 0.3 is 0 Å². The number of hydrogen-bond donors (Lipinski definition) is 3. The molecule has 0 unspecified atom stereocenters. The van der Waals surface area contributed by atoms with Gasteiger partial charge in [-0.15, -0.1) is 0 Å². The fraction of sp³-hybridized carbons (Fsp3) is 1.00. The maximum atomic E-state index is 9.36. The van der Waals surface area contributed by atoms with E-state index in [9.17, 15) is 5.11 Å². The molecule has 0 bridgehead atoms. The number of aliphatic hydroxyl groups excluding tert-OH is 1. The molecule has 13 heavy (non-hydrogen) atoms. The first-order valence-corrected chi connectivity index (χ1v) is 4.83. The van der Waals surface area contributed by atoms with Crippen LogP contribution in [0.3, 0.4) is 0 Å². The van der Waals surface area contributed by atoms with Crippen molar-refractivity contribution in [2.45, 2.75) is 20.0 Å². The summed E-state index contributed by atoms with van der Waals surface area (Å²) in [6.45, 7) is 7.15. The van der Waals surface area contributed by atoms with E-state index in [1.807, 2.05) is 0 Å². The van der Waals surface area contributed by atoms with Crippen molar-refractivity contribution < 1.29 is 9.84 Å². The molecular weight excluding hydrogens is 168 g/mol. The van der Waals surface area contributed by atoms with Gasteiger partial charge in [-0.2, -0.15) is 0 Å². The summed E-state index contributed by atoms with van der Waals surface area (Å²) in [4.78, 5) is 0. The quantitative estimate of drug-likeness (QED) is 0.454. The van der Waals surface area contributed by atoms with Crippen LogP contribution in [0.2, 0.25) is 0 Å². The second-order valence-corrected chi connectivity index (χ2v) is 3.58. The first-order valence-electron chi connectivity index (χ1n) is 4.83. The highest BCUT2D eigenvalue weighted by molar-refractivity contribution is 4.58. The Kier molecular flexibility index (Phi) is 8.33. The lowest BCUT2D eigenvalue weighted by Crippen LogP contribution is -2.33. The molecule has 0 aromatic rings. The molecule has 80 valence electrons. The molecule has 4 N–H and O–H groups in total. The SMILES string of the molecule is CC(C)COC[C@@H](O)CNCCN. The average Bonchev–Trinajstić information content (AvgIpc) is 2.04. The lowest BCUT2D eigenvalue weighted by Gasteiger charge is -2.12. The highest BCUT2D eigenvalue weighted by Gasteiger charge is 2.03. The van der Waals surface area contributed by atoms with Gasteiger partial charge in [0.2, 0.25) is 0 Å². The van der Waals surface area contributed by atoms with E-state index in [2.05, 4.69) is 19.2 Å². The van der Waals surface area contributed by atoms with E-state index in [1.165, 1.54) is 0 Å². The van der Waals surface area contributed by atoms with Gasteiger partial charge in [0, 0.05) is 26.2 Å². The van der Waals surface area contributed by atoms with Crippen LogP contribution < -0.4 is 11.1 Å². The van der Waals surface area contributed by atoms with Gasteiger partial charge < -0.3 is 20.9 Å². The Morgan fingerprint density at radius 2 is 2.08 bits per heavy atom. The van der Waals surface area contributed by atoms with Crippen molar-refractivity contribution in [2.24, 2.45) is 11.7 Å². The first-order chi connectivity index (χ1) is 6.16. The van der Waals surface area contributed by atoms with Crippen molar-refractivity contribution in [3.63, 3.8) is 0 Å². The normalized spacial score (nSPS) is 13.6. The van der Waals surface area contributed by atoms with Gasteiger partial charge in [0.25, 0.3) is 0 Å². The Hall–Kier alpha value is -0.160. The Morgan fingerprint density at radius 1 is 1.38 bits per heavy atom. The molecule has 0 aromatic heterocycles. The van der Waals surface area contributed by atoms with E-state index in [-0.39, 0.29) is 0 Å². The lowest BCUT2D eigenvalue weighted by molar-refractivity contribution is 0.0263. The van der Waals surface area contributed by atoms with Crippen molar-refractivity contribution in [1.29, 1.82) is 0 Å². The fourth-order valence-electron chi connectivity index (χ4n) is 0.869. The number of nitrogens with one attached hydrogen (secondary N) is 1. The van der Waals surface area contributed by atoms with E-state index in [4.69, 9.17) is 10.5 Å². The van der Waals surface area contributed by atoms with E-state index < -0.39 is 6.10 Å². The zero-order chi connectivity index (χ0) is 10.1. The Morgan fingerprint density at radius 3 is 2.62 bits per heavy atom. The predicted molar refractivity (Wildman–Crippen MR) is 53.6 cm³/mol. The van der Waals surface area contributed by atoms with Crippen molar-refractivity contribution >= 4 is 0 Å². The summed E-state index contributed by atoms with van der Waals surface area (Å²) < 4.78 is 5.27. The molecule has 0 radical (unpaired) electrons. The van der Waals surface area contributed by atoms with Crippen LogP contribution in [0.1, 0.15) is 13.8 Å². The second kappa shape index (κ2) is 8.44. The third-order valence-electron chi connectivity index (χ3n) is 1.46. The molecular formula is C9H22N2O2. The van der Waals surface area contributed by atoms with Crippen molar-refractivity contribution in [2.75, 3.05) is 32.8 Å². The topological polar surface area (TPSA) is 67.5 Å². The summed E-state index contributed by atoms with van der Waals surface area (Å²) in [5.74, 6) is 0.518. The zero-order valence-corrected chi connectivity index (χ0v) is 8.62. The minimum atomic E-state index is -0.426. The van der Waals surface area contributed by atoms with Crippen molar-refractivity contribution in [1.82, 2.24) is 5.32 Å². The first kappa shape index (κ1) is 12.8. The van der Waals surface area contributed by atoms with Gasteiger partial charge in [-0.05, 0) is 5.92 Å². The molecule has 0 saturated heterocycles. The monoisotopic (exact) mass is 190 g/mol. The molecule has 4 heteroatoms. The van der Waals surface area contributed by atoms with Gasteiger partial charge in [0.05, 0.1) is 12.7 Å². The van der Waals surface area contributed by atoms with Gasteiger partial charge in [-0.25, -0.2) is 0 Å². The number of aliphatic hydroxyl groups is 1. The van der Waals surface area contributed by atoms with Crippen LogP contribution in [-0.4, -0.2) is 44.1 Å². The van der Waals surface area contributed by atoms with Crippen LogP contribution in [0.5, 0.6) is 0 Å². The maximum Gasteiger partial charge on any atom is 0.0897 e. The number of hydrogen-bond acceptors (Lipinski definition) is 4. The highest BCUT2D eigenvalue weighted by Crippen LogP contribution is 1.93.